The Morgan fingerprint density at radius 2 is 2.06 bits per heavy atom. The number of aryl methyl sites for hydroxylation is 2. The van der Waals surface area contributed by atoms with Crippen LogP contribution in [-0.2, 0) is 19.5 Å². The van der Waals surface area contributed by atoms with Crippen molar-refractivity contribution in [1.29, 1.82) is 0 Å². The first-order valence-corrected chi connectivity index (χ1v) is 6.60. The summed E-state index contributed by atoms with van der Waals surface area (Å²) in [4.78, 5) is 0. The summed E-state index contributed by atoms with van der Waals surface area (Å²) in [6.45, 7) is 10.4. The summed E-state index contributed by atoms with van der Waals surface area (Å²) in [5.41, 5.74) is 2.17. The lowest BCUT2D eigenvalue weighted by Crippen LogP contribution is -2.08. The van der Waals surface area contributed by atoms with Crippen molar-refractivity contribution in [3.05, 3.63) is 18.1 Å². The molecule has 2 aromatic rings. The van der Waals surface area contributed by atoms with E-state index in [0.29, 0.717) is 5.92 Å². The predicted molar refractivity (Wildman–Crippen MR) is 71.1 cm³/mol. The highest BCUT2D eigenvalue weighted by Crippen LogP contribution is 2.19. The van der Waals surface area contributed by atoms with Gasteiger partial charge in [-0.15, -0.1) is 10.2 Å². The molecule has 18 heavy (non-hydrogen) atoms. The van der Waals surface area contributed by atoms with Gasteiger partial charge in [0.05, 0.1) is 5.69 Å². The van der Waals surface area contributed by atoms with Crippen molar-refractivity contribution in [2.75, 3.05) is 0 Å². The summed E-state index contributed by atoms with van der Waals surface area (Å²) in [5.74, 6) is 1.49. The smallest absolute Gasteiger partial charge is 0.182 e. The maximum Gasteiger partial charge on any atom is 0.182 e. The molecule has 0 N–H and O–H groups in total. The average molecular weight is 247 g/mol. The van der Waals surface area contributed by atoms with Crippen LogP contribution in [0.15, 0.2) is 12.4 Å². The van der Waals surface area contributed by atoms with Crippen LogP contribution in [0.4, 0.5) is 0 Å². The maximum absolute atomic E-state index is 4.56. The third-order valence-electron chi connectivity index (χ3n) is 2.90. The lowest BCUT2D eigenvalue weighted by atomic mass is 10.2. The number of hydrogen-bond donors (Lipinski definition) is 0. The normalized spacial score (nSPS) is 11.4. The van der Waals surface area contributed by atoms with Gasteiger partial charge in [0.2, 0.25) is 0 Å². The summed E-state index contributed by atoms with van der Waals surface area (Å²) in [7, 11) is 0. The van der Waals surface area contributed by atoms with Crippen LogP contribution < -0.4 is 0 Å². The molecule has 0 fully saturated rings. The SMILES string of the molecule is CCc1cc(-c2nncn2CC(C)C)n(CC)n1. The molecule has 0 saturated heterocycles. The van der Waals surface area contributed by atoms with Gasteiger partial charge in [-0.1, -0.05) is 20.8 Å². The highest BCUT2D eigenvalue weighted by atomic mass is 15.3. The van der Waals surface area contributed by atoms with Crippen molar-refractivity contribution in [3.63, 3.8) is 0 Å². The first-order valence-electron chi connectivity index (χ1n) is 6.60. The Bertz CT molecular complexity index is 509. The standard InChI is InChI=1S/C13H21N5/c1-5-11-7-12(18(6-2)16-11)13-15-14-9-17(13)8-10(3)4/h7,9-10H,5-6,8H2,1-4H3. The summed E-state index contributed by atoms with van der Waals surface area (Å²) in [5, 5.41) is 12.8. The van der Waals surface area contributed by atoms with Gasteiger partial charge in [-0.25, -0.2) is 0 Å². The fraction of sp³-hybridized carbons (Fsp3) is 0.615. The van der Waals surface area contributed by atoms with E-state index >= 15 is 0 Å². The third-order valence-corrected chi connectivity index (χ3v) is 2.90. The van der Waals surface area contributed by atoms with Crippen molar-refractivity contribution >= 4 is 0 Å². The molecular weight excluding hydrogens is 226 g/mol. The second-order valence-corrected chi connectivity index (χ2v) is 4.89. The second-order valence-electron chi connectivity index (χ2n) is 4.89. The minimum absolute atomic E-state index is 0.573. The molecule has 98 valence electrons. The van der Waals surface area contributed by atoms with Crippen LogP contribution in [0, 0.1) is 5.92 Å². The molecular formula is C13H21N5. The first-order chi connectivity index (χ1) is 8.65. The molecule has 5 nitrogen and oxygen atoms in total. The number of hydrogen-bond acceptors (Lipinski definition) is 3. The molecule has 2 heterocycles. The monoisotopic (exact) mass is 247 g/mol. The van der Waals surface area contributed by atoms with E-state index in [0.717, 1.165) is 36.7 Å². The minimum atomic E-state index is 0.573. The molecule has 0 aliphatic carbocycles. The van der Waals surface area contributed by atoms with E-state index in [4.69, 9.17) is 0 Å². The van der Waals surface area contributed by atoms with Crippen LogP contribution in [0.3, 0.4) is 0 Å². The van der Waals surface area contributed by atoms with E-state index in [1.165, 1.54) is 0 Å². The van der Waals surface area contributed by atoms with Crippen molar-refractivity contribution in [2.24, 2.45) is 5.92 Å². The first kappa shape index (κ1) is 12.8. The molecule has 0 spiro atoms. The van der Waals surface area contributed by atoms with E-state index in [9.17, 15) is 0 Å². The average Bonchev–Trinajstić information content (AvgIpc) is 2.93. The van der Waals surface area contributed by atoms with Crippen LogP contribution in [0.5, 0.6) is 0 Å². The van der Waals surface area contributed by atoms with Crippen LogP contribution in [0.25, 0.3) is 11.5 Å². The van der Waals surface area contributed by atoms with E-state index in [1.807, 2.05) is 4.68 Å². The number of rotatable bonds is 5. The van der Waals surface area contributed by atoms with E-state index in [-0.39, 0.29) is 0 Å². The lowest BCUT2D eigenvalue weighted by molar-refractivity contribution is 0.522. The summed E-state index contributed by atoms with van der Waals surface area (Å²) < 4.78 is 4.10. The van der Waals surface area contributed by atoms with Crippen LogP contribution >= 0.6 is 0 Å². The van der Waals surface area contributed by atoms with Crippen molar-refractivity contribution in [2.45, 2.75) is 47.2 Å². The molecule has 0 aliphatic rings. The highest BCUT2D eigenvalue weighted by Gasteiger charge is 2.14. The van der Waals surface area contributed by atoms with Crippen molar-refractivity contribution in [3.8, 4) is 11.5 Å². The molecule has 0 bridgehead atoms. The number of aromatic nitrogens is 5. The van der Waals surface area contributed by atoms with E-state index in [2.05, 4.69) is 53.6 Å². The van der Waals surface area contributed by atoms with Gasteiger partial charge in [-0.2, -0.15) is 5.10 Å². The summed E-state index contributed by atoms with van der Waals surface area (Å²) in [6, 6.07) is 2.12. The minimum Gasteiger partial charge on any atom is -0.312 e. The summed E-state index contributed by atoms with van der Waals surface area (Å²) >= 11 is 0. The highest BCUT2D eigenvalue weighted by molar-refractivity contribution is 5.50. The topological polar surface area (TPSA) is 48.5 Å². The van der Waals surface area contributed by atoms with Gasteiger partial charge in [-0.05, 0) is 25.3 Å². The molecule has 0 aliphatic heterocycles. The molecule has 0 amide bonds. The van der Waals surface area contributed by atoms with Gasteiger partial charge in [-0.3, -0.25) is 4.68 Å². The Hall–Kier alpha value is -1.65. The zero-order valence-corrected chi connectivity index (χ0v) is 11.6. The Kier molecular flexibility index (Phi) is 3.79. The Morgan fingerprint density at radius 3 is 2.67 bits per heavy atom. The molecule has 0 aromatic carbocycles. The Morgan fingerprint density at radius 1 is 1.28 bits per heavy atom. The van der Waals surface area contributed by atoms with Crippen LogP contribution in [0.2, 0.25) is 0 Å². The Balaban J connectivity index is 2.41. The van der Waals surface area contributed by atoms with Crippen LogP contribution in [0.1, 0.15) is 33.4 Å². The fourth-order valence-electron chi connectivity index (χ4n) is 2.04. The predicted octanol–water partition coefficient (Wildman–Crippen LogP) is 2.38. The van der Waals surface area contributed by atoms with Crippen LogP contribution in [-0.4, -0.2) is 24.5 Å². The lowest BCUT2D eigenvalue weighted by Gasteiger charge is -2.09. The largest absolute Gasteiger partial charge is 0.312 e. The van der Waals surface area contributed by atoms with Crippen molar-refractivity contribution < 1.29 is 0 Å². The Labute approximate surface area is 108 Å². The molecule has 0 radical (unpaired) electrons. The van der Waals surface area contributed by atoms with E-state index < -0.39 is 0 Å². The molecule has 0 unspecified atom stereocenters. The zero-order chi connectivity index (χ0) is 13.1. The molecule has 2 rings (SSSR count). The zero-order valence-electron chi connectivity index (χ0n) is 11.6. The van der Waals surface area contributed by atoms with Gasteiger partial charge >= 0.3 is 0 Å². The molecule has 0 saturated carbocycles. The summed E-state index contributed by atoms with van der Waals surface area (Å²) in [6.07, 6.45) is 2.74. The number of nitrogens with zero attached hydrogens (tertiary/aromatic N) is 5. The van der Waals surface area contributed by atoms with Gasteiger partial charge in [0.25, 0.3) is 0 Å². The fourth-order valence-corrected chi connectivity index (χ4v) is 2.04. The quantitative estimate of drug-likeness (QED) is 0.815. The van der Waals surface area contributed by atoms with Gasteiger partial charge in [0.15, 0.2) is 5.82 Å². The van der Waals surface area contributed by atoms with Crippen molar-refractivity contribution in [1.82, 2.24) is 24.5 Å². The van der Waals surface area contributed by atoms with Gasteiger partial charge in [0, 0.05) is 13.1 Å². The second kappa shape index (κ2) is 5.33. The van der Waals surface area contributed by atoms with Gasteiger partial charge in [0.1, 0.15) is 12.0 Å². The van der Waals surface area contributed by atoms with E-state index in [1.54, 1.807) is 6.33 Å². The molecule has 5 heteroatoms. The molecule has 0 atom stereocenters. The third kappa shape index (κ3) is 2.44. The van der Waals surface area contributed by atoms with Gasteiger partial charge < -0.3 is 4.57 Å². The molecule has 2 aromatic heterocycles. The maximum atomic E-state index is 4.56.